The zero-order valence-electron chi connectivity index (χ0n) is 44.0. The fourth-order valence-electron chi connectivity index (χ4n) is 8.48. The van der Waals surface area contributed by atoms with Gasteiger partial charge in [-0.05, 0) is 44.9 Å². The summed E-state index contributed by atoms with van der Waals surface area (Å²) in [5.74, 6) is -0.169. The van der Waals surface area contributed by atoms with Crippen LogP contribution in [0.5, 0.6) is 0 Å². The molecule has 0 rings (SSSR count). The lowest BCUT2D eigenvalue weighted by atomic mass is 10.0. The molecule has 1 amide bonds. The Hall–Kier alpha value is -1.02. The molecule has 0 spiro atoms. The summed E-state index contributed by atoms with van der Waals surface area (Å²) >= 11 is 0. The van der Waals surface area contributed by atoms with Crippen molar-refractivity contribution in [1.29, 1.82) is 0 Å². The summed E-state index contributed by atoms with van der Waals surface area (Å²) < 4.78 is 23.4. The number of nitrogens with one attached hydrogen (secondary N) is 1. The van der Waals surface area contributed by atoms with E-state index in [1.807, 2.05) is 21.1 Å². The molecule has 0 aliphatic heterocycles. The van der Waals surface area contributed by atoms with Crippen molar-refractivity contribution in [3.63, 3.8) is 0 Å². The lowest BCUT2D eigenvalue weighted by molar-refractivity contribution is -0.870. The van der Waals surface area contributed by atoms with Gasteiger partial charge in [-0.15, -0.1) is 0 Å². The average Bonchev–Trinajstić information content (AvgIpc) is 3.26. The molecule has 9 heteroatoms. The Morgan fingerprint density at radius 1 is 0.538 bits per heavy atom. The number of carbonyl (C=O) groups is 1. The minimum Gasteiger partial charge on any atom is -0.756 e. The van der Waals surface area contributed by atoms with Crippen molar-refractivity contribution >= 4 is 13.7 Å². The first kappa shape index (κ1) is 64.0. The van der Waals surface area contributed by atoms with Crippen LogP contribution in [0.2, 0.25) is 0 Å². The highest BCUT2D eigenvalue weighted by Gasteiger charge is 2.24. The number of hydrogen-bond donors (Lipinski definition) is 2. The molecule has 0 bridgehead atoms. The maximum Gasteiger partial charge on any atom is 0.268 e. The van der Waals surface area contributed by atoms with E-state index in [9.17, 15) is 19.4 Å². The van der Waals surface area contributed by atoms with E-state index in [1.165, 1.54) is 199 Å². The van der Waals surface area contributed by atoms with Gasteiger partial charge in [0.25, 0.3) is 7.82 Å². The molecule has 0 aromatic carbocycles. The predicted molar refractivity (Wildman–Crippen MR) is 279 cm³/mol. The van der Waals surface area contributed by atoms with Gasteiger partial charge in [0.2, 0.25) is 5.91 Å². The van der Waals surface area contributed by atoms with Crippen LogP contribution in [-0.4, -0.2) is 68.5 Å². The number of rotatable bonds is 52. The predicted octanol–water partition coefficient (Wildman–Crippen LogP) is 16.2. The van der Waals surface area contributed by atoms with Gasteiger partial charge in [-0.25, -0.2) is 0 Å². The molecule has 0 saturated heterocycles. The number of aliphatic hydroxyl groups excluding tert-OH is 1. The number of phosphoric ester groups is 1. The van der Waals surface area contributed by atoms with E-state index in [0.29, 0.717) is 23.9 Å². The van der Waals surface area contributed by atoms with E-state index in [2.05, 4.69) is 43.5 Å². The van der Waals surface area contributed by atoms with Crippen molar-refractivity contribution in [2.24, 2.45) is 0 Å². The first-order valence-electron chi connectivity index (χ1n) is 28.2. The van der Waals surface area contributed by atoms with Crippen molar-refractivity contribution < 1.29 is 32.9 Å². The smallest absolute Gasteiger partial charge is 0.268 e. The summed E-state index contributed by atoms with van der Waals surface area (Å²) in [5.41, 5.74) is 0. The lowest BCUT2D eigenvalue weighted by Crippen LogP contribution is -2.46. The molecule has 0 aromatic heterocycles. The summed E-state index contributed by atoms with van der Waals surface area (Å²) in [5, 5.41) is 14.0. The summed E-state index contributed by atoms with van der Waals surface area (Å²) in [6.45, 7) is 4.75. The molecule has 2 N–H and O–H groups in total. The van der Waals surface area contributed by atoms with E-state index in [1.54, 1.807) is 0 Å². The van der Waals surface area contributed by atoms with Crippen LogP contribution in [0.15, 0.2) is 24.3 Å². The number of unbranched alkanes of at least 4 members (excludes halogenated alkanes) is 35. The Morgan fingerprint density at radius 2 is 0.892 bits per heavy atom. The molecule has 0 fully saturated rings. The quantitative estimate of drug-likeness (QED) is 0.0272. The first-order chi connectivity index (χ1) is 31.5. The maximum atomic E-state index is 13.0. The highest BCUT2D eigenvalue weighted by atomic mass is 31.2. The molecule has 0 aliphatic carbocycles. The topological polar surface area (TPSA) is 108 Å². The molecule has 3 unspecified atom stereocenters. The second-order valence-corrected chi connectivity index (χ2v) is 22.1. The van der Waals surface area contributed by atoms with Gasteiger partial charge in [-0.1, -0.05) is 250 Å². The maximum absolute atomic E-state index is 13.0. The molecular formula is C56H111N2O6P. The molecule has 0 aromatic rings. The number of likely N-dealkylation sites (N-methyl/N-ethyl adjacent to an activating group) is 1. The van der Waals surface area contributed by atoms with Gasteiger partial charge in [0, 0.05) is 6.42 Å². The Labute approximate surface area is 404 Å². The third kappa shape index (κ3) is 50.7. The summed E-state index contributed by atoms with van der Waals surface area (Å²) in [4.78, 5) is 25.5. The molecule has 386 valence electrons. The van der Waals surface area contributed by atoms with Crippen molar-refractivity contribution in [2.45, 2.75) is 289 Å². The zero-order chi connectivity index (χ0) is 47.8. The Bertz CT molecular complexity index is 1110. The second-order valence-electron chi connectivity index (χ2n) is 20.6. The van der Waals surface area contributed by atoms with Crippen molar-refractivity contribution in [1.82, 2.24) is 5.32 Å². The summed E-state index contributed by atoms with van der Waals surface area (Å²) in [6, 6.07) is -0.804. The standard InChI is InChI=1S/C56H111N2O6P/c1-6-8-10-12-14-16-18-20-22-24-26-28-29-30-32-34-36-38-40-42-44-46-48-50-56(60)57-54(53-64-65(61,62)63-52-51-58(3,4)5)55(59)49-47-45-43-41-39-37-35-33-31-27-25-23-21-19-17-15-13-11-9-7-2/h26,28,30,32,54-55,59H,6-25,27,29,31,33-53H2,1-5H3,(H-,57,60,61,62)/b28-26-,32-30-. The molecular weight excluding hydrogens is 828 g/mol. The zero-order valence-corrected chi connectivity index (χ0v) is 44.9. The van der Waals surface area contributed by atoms with Gasteiger partial charge in [0.05, 0.1) is 39.9 Å². The molecule has 0 radical (unpaired) electrons. The highest BCUT2D eigenvalue weighted by molar-refractivity contribution is 7.45. The Balaban J connectivity index is 4.21. The number of carbonyl (C=O) groups excluding carboxylic acids is 1. The van der Waals surface area contributed by atoms with Gasteiger partial charge < -0.3 is 28.8 Å². The van der Waals surface area contributed by atoms with E-state index in [4.69, 9.17) is 9.05 Å². The van der Waals surface area contributed by atoms with E-state index >= 15 is 0 Å². The van der Waals surface area contributed by atoms with Gasteiger partial charge in [0.1, 0.15) is 13.2 Å². The number of hydrogen-bond acceptors (Lipinski definition) is 6. The fraction of sp³-hybridized carbons (Fsp3) is 0.911. The normalized spacial score (nSPS) is 14.1. The minimum atomic E-state index is -4.57. The summed E-state index contributed by atoms with van der Waals surface area (Å²) in [6.07, 6.45) is 59.1. The SMILES string of the molecule is CCCCCCCCCCC/C=C\C/C=C\CCCCCCCCCC(=O)NC(COP(=O)([O-])OCC[N+](C)(C)C)C(O)CCCCCCCCCCCCCCCCCCCCCC. The Kier molecular flexibility index (Phi) is 47.3. The number of amides is 1. The second kappa shape index (κ2) is 48.0. The van der Waals surface area contributed by atoms with Crippen molar-refractivity contribution in [3.8, 4) is 0 Å². The van der Waals surface area contributed by atoms with Crippen molar-refractivity contribution in [3.05, 3.63) is 24.3 Å². The first-order valence-corrected chi connectivity index (χ1v) is 29.6. The van der Waals surface area contributed by atoms with Gasteiger partial charge in [-0.3, -0.25) is 9.36 Å². The third-order valence-electron chi connectivity index (χ3n) is 12.9. The number of phosphoric acid groups is 1. The number of quaternary nitrogens is 1. The molecule has 65 heavy (non-hydrogen) atoms. The average molecular weight is 939 g/mol. The van der Waals surface area contributed by atoms with E-state index < -0.39 is 20.0 Å². The van der Waals surface area contributed by atoms with Crippen LogP contribution in [0.4, 0.5) is 0 Å². The fourth-order valence-corrected chi connectivity index (χ4v) is 9.21. The number of allylic oxidation sites excluding steroid dienone is 4. The highest BCUT2D eigenvalue weighted by Crippen LogP contribution is 2.38. The van der Waals surface area contributed by atoms with Crippen LogP contribution >= 0.6 is 7.82 Å². The third-order valence-corrected chi connectivity index (χ3v) is 13.9. The molecule has 0 aliphatic rings. The largest absolute Gasteiger partial charge is 0.756 e. The minimum absolute atomic E-state index is 0.0116. The molecule has 3 atom stereocenters. The van der Waals surface area contributed by atoms with Crippen LogP contribution in [-0.2, 0) is 18.4 Å². The molecule has 8 nitrogen and oxygen atoms in total. The molecule has 0 saturated carbocycles. The van der Waals surface area contributed by atoms with Crippen LogP contribution in [0.1, 0.15) is 277 Å². The van der Waals surface area contributed by atoms with Crippen LogP contribution < -0.4 is 10.2 Å². The van der Waals surface area contributed by atoms with Gasteiger partial charge >= 0.3 is 0 Å². The van der Waals surface area contributed by atoms with E-state index in [-0.39, 0.29) is 19.1 Å². The molecule has 0 heterocycles. The van der Waals surface area contributed by atoms with Gasteiger partial charge in [-0.2, -0.15) is 0 Å². The Morgan fingerprint density at radius 3 is 1.28 bits per heavy atom. The van der Waals surface area contributed by atoms with Crippen LogP contribution in [0.3, 0.4) is 0 Å². The van der Waals surface area contributed by atoms with E-state index in [0.717, 1.165) is 51.4 Å². The van der Waals surface area contributed by atoms with Crippen LogP contribution in [0, 0.1) is 0 Å². The lowest BCUT2D eigenvalue weighted by Gasteiger charge is -2.30. The number of nitrogens with zero attached hydrogens (tertiary/aromatic N) is 1. The number of aliphatic hydroxyl groups is 1. The van der Waals surface area contributed by atoms with Crippen LogP contribution in [0.25, 0.3) is 0 Å². The van der Waals surface area contributed by atoms with Gasteiger partial charge in [0.15, 0.2) is 0 Å². The van der Waals surface area contributed by atoms with Crippen molar-refractivity contribution in [2.75, 3.05) is 40.9 Å². The summed E-state index contributed by atoms with van der Waals surface area (Å²) in [7, 11) is 1.31. The monoisotopic (exact) mass is 939 g/mol.